The molecule has 0 N–H and O–H groups in total. The summed E-state index contributed by atoms with van der Waals surface area (Å²) in [5.74, 6) is 0.872. The van der Waals surface area contributed by atoms with Gasteiger partial charge in [0.2, 0.25) is 0 Å². The smallest absolute Gasteiger partial charge is 0.147 e. The maximum Gasteiger partial charge on any atom is 0.147 e. The molecule has 18 heavy (non-hydrogen) atoms. The van der Waals surface area contributed by atoms with Crippen molar-refractivity contribution in [2.45, 2.75) is 11.8 Å². The number of ether oxygens (including phenoxy) is 1. The Balaban J connectivity index is 2.01. The third kappa shape index (κ3) is 3.83. The summed E-state index contributed by atoms with van der Waals surface area (Å²) in [6.45, 7) is 0.686. The van der Waals surface area contributed by atoms with Crippen molar-refractivity contribution in [1.29, 1.82) is 0 Å². The van der Waals surface area contributed by atoms with Crippen molar-refractivity contribution in [3.8, 4) is 5.75 Å². The maximum absolute atomic E-state index is 5.84. The molecule has 2 aromatic rings. The van der Waals surface area contributed by atoms with Crippen LogP contribution in [-0.2, 0) is 11.8 Å². The Morgan fingerprint density at radius 1 is 1.17 bits per heavy atom. The van der Waals surface area contributed by atoms with E-state index in [1.165, 1.54) is 10.4 Å². The van der Waals surface area contributed by atoms with E-state index >= 15 is 0 Å². The molecule has 0 unspecified atom stereocenters. The fourth-order valence-corrected chi connectivity index (χ4v) is 4.06. The molecule has 2 rings (SSSR count). The molecule has 0 aliphatic rings. The Labute approximate surface area is 136 Å². The van der Waals surface area contributed by atoms with Crippen LogP contribution in [0.1, 0.15) is 10.4 Å². The van der Waals surface area contributed by atoms with Gasteiger partial charge in [-0.3, -0.25) is 0 Å². The van der Waals surface area contributed by atoms with E-state index in [0.717, 1.165) is 26.4 Å². The Morgan fingerprint density at radius 3 is 2.44 bits per heavy atom. The van der Waals surface area contributed by atoms with Crippen molar-refractivity contribution in [1.82, 2.24) is 0 Å². The Morgan fingerprint density at radius 2 is 1.89 bits per heavy atom. The summed E-state index contributed by atoms with van der Waals surface area (Å²) in [7, 11) is 0. The summed E-state index contributed by atoms with van der Waals surface area (Å²) >= 11 is 12.3. The highest BCUT2D eigenvalue weighted by molar-refractivity contribution is 9.11. The van der Waals surface area contributed by atoms with Gasteiger partial charge >= 0.3 is 0 Å². The highest BCUT2D eigenvalue weighted by Gasteiger charge is 2.08. The quantitative estimate of drug-likeness (QED) is 0.519. The molecule has 0 aliphatic heterocycles. The number of alkyl halides is 1. The summed E-state index contributed by atoms with van der Waals surface area (Å²) in [5, 5.41) is 2.92. The van der Waals surface area contributed by atoms with Crippen LogP contribution in [0.4, 0.5) is 0 Å². The molecule has 1 aromatic carbocycles. The van der Waals surface area contributed by atoms with Gasteiger partial charge in [0, 0.05) is 16.6 Å². The zero-order valence-corrected chi connectivity index (χ0v) is 15.0. The SMILES string of the molecule is BrCc1cc(Br)c(OCCc2cccs2)c(Br)c1. The molecule has 1 heterocycles. The fraction of sp³-hybridized carbons (Fsp3) is 0.231. The average molecular weight is 455 g/mol. The predicted octanol–water partition coefficient (Wildman–Crippen LogP) is 5.79. The van der Waals surface area contributed by atoms with Crippen LogP contribution in [0.15, 0.2) is 38.6 Å². The molecule has 5 heteroatoms. The molecule has 0 saturated carbocycles. The number of hydrogen-bond donors (Lipinski definition) is 0. The van der Waals surface area contributed by atoms with Gasteiger partial charge in [-0.05, 0) is 61.0 Å². The first-order valence-electron chi connectivity index (χ1n) is 5.40. The lowest BCUT2D eigenvalue weighted by molar-refractivity contribution is 0.319. The second-order valence-corrected chi connectivity index (χ2v) is 7.00. The van der Waals surface area contributed by atoms with Crippen LogP contribution in [0.2, 0.25) is 0 Å². The molecule has 0 fully saturated rings. The minimum Gasteiger partial charge on any atom is -0.491 e. The lowest BCUT2D eigenvalue weighted by atomic mass is 10.2. The number of hydrogen-bond acceptors (Lipinski definition) is 2. The molecule has 0 radical (unpaired) electrons. The normalized spacial score (nSPS) is 10.6. The second-order valence-electron chi connectivity index (χ2n) is 3.70. The maximum atomic E-state index is 5.84. The molecule has 0 atom stereocenters. The molecule has 0 amide bonds. The summed E-state index contributed by atoms with van der Waals surface area (Å²) < 4.78 is 7.81. The molecule has 1 nitrogen and oxygen atoms in total. The van der Waals surface area contributed by atoms with Gasteiger partial charge in [0.1, 0.15) is 5.75 Å². The Kier molecular flexibility index (Phi) is 5.73. The zero-order valence-electron chi connectivity index (χ0n) is 9.46. The number of rotatable bonds is 5. The van der Waals surface area contributed by atoms with Gasteiger partial charge < -0.3 is 4.74 Å². The zero-order chi connectivity index (χ0) is 13.0. The van der Waals surface area contributed by atoms with Crippen molar-refractivity contribution in [3.05, 3.63) is 49.0 Å². The van der Waals surface area contributed by atoms with E-state index in [4.69, 9.17) is 4.74 Å². The van der Waals surface area contributed by atoms with Gasteiger partial charge in [-0.15, -0.1) is 11.3 Å². The first-order valence-corrected chi connectivity index (χ1v) is 8.98. The van der Waals surface area contributed by atoms with Gasteiger partial charge in [0.05, 0.1) is 15.6 Å². The van der Waals surface area contributed by atoms with Crippen molar-refractivity contribution < 1.29 is 4.74 Å². The monoisotopic (exact) mass is 452 g/mol. The third-order valence-electron chi connectivity index (χ3n) is 2.39. The molecule has 0 saturated heterocycles. The fourth-order valence-electron chi connectivity index (χ4n) is 1.54. The van der Waals surface area contributed by atoms with Gasteiger partial charge in [-0.25, -0.2) is 0 Å². The van der Waals surface area contributed by atoms with Crippen LogP contribution < -0.4 is 4.74 Å². The standard InChI is InChI=1S/C13H11Br3OS/c14-8-9-6-11(15)13(12(16)7-9)17-4-3-10-2-1-5-18-10/h1-2,5-7H,3-4,8H2. The van der Waals surface area contributed by atoms with E-state index in [1.54, 1.807) is 11.3 Å². The lowest BCUT2D eigenvalue weighted by Crippen LogP contribution is -2.01. The molecular weight excluding hydrogens is 444 g/mol. The minimum atomic E-state index is 0.686. The lowest BCUT2D eigenvalue weighted by Gasteiger charge is -2.11. The minimum absolute atomic E-state index is 0.686. The number of benzene rings is 1. The first kappa shape index (κ1) is 14.6. The Bertz CT molecular complexity index is 488. The van der Waals surface area contributed by atoms with E-state index in [-0.39, 0.29) is 0 Å². The topological polar surface area (TPSA) is 9.23 Å². The molecule has 0 spiro atoms. The van der Waals surface area contributed by atoms with E-state index < -0.39 is 0 Å². The van der Waals surface area contributed by atoms with Crippen molar-refractivity contribution in [2.24, 2.45) is 0 Å². The molecular formula is C13H11Br3OS. The molecule has 0 aliphatic carbocycles. The predicted molar refractivity (Wildman–Crippen MR) is 88.0 cm³/mol. The van der Waals surface area contributed by atoms with E-state index in [0.29, 0.717) is 6.61 Å². The van der Waals surface area contributed by atoms with Gasteiger partial charge in [0.25, 0.3) is 0 Å². The van der Waals surface area contributed by atoms with Crippen LogP contribution in [0.3, 0.4) is 0 Å². The largest absolute Gasteiger partial charge is 0.491 e. The van der Waals surface area contributed by atoms with Crippen LogP contribution >= 0.6 is 59.1 Å². The third-order valence-corrected chi connectivity index (χ3v) is 5.15. The van der Waals surface area contributed by atoms with Gasteiger partial charge in [0.15, 0.2) is 0 Å². The van der Waals surface area contributed by atoms with Crippen LogP contribution in [-0.4, -0.2) is 6.61 Å². The average Bonchev–Trinajstić information content (AvgIpc) is 2.85. The summed E-state index contributed by atoms with van der Waals surface area (Å²) in [5.41, 5.74) is 1.21. The van der Waals surface area contributed by atoms with E-state index in [9.17, 15) is 0 Å². The number of thiophene rings is 1. The van der Waals surface area contributed by atoms with Crippen molar-refractivity contribution >= 4 is 59.1 Å². The highest BCUT2D eigenvalue weighted by atomic mass is 79.9. The summed E-state index contributed by atoms with van der Waals surface area (Å²) in [4.78, 5) is 1.35. The summed E-state index contributed by atoms with van der Waals surface area (Å²) in [6, 6.07) is 8.34. The molecule has 96 valence electrons. The second kappa shape index (κ2) is 7.08. The molecule has 0 bridgehead atoms. The van der Waals surface area contributed by atoms with E-state index in [1.807, 2.05) is 0 Å². The van der Waals surface area contributed by atoms with Gasteiger partial charge in [-0.1, -0.05) is 22.0 Å². The molecule has 1 aromatic heterocycles. The van der Waals surface area contributed by atoms with Crippen molar-refractivity contribution in [3.63, 3.8) is 0 Å². The highest BCUT2D eigenvalue weighted by Crippen LogP contribution is 2.35. The van der Waals surface area contributed by atoms with Crippen LogP contribution in [0.5, 0.6) is 5.75 Å². The van der Waals surface area contributed by atoms with Crippen LogP contribution in [0, 0.1) is 0 Å². The van der Waals surface area contributed by atoms with Crippen LogP contribution in [0.25, 0.3) is 0 Å². The van der Waals surface area contributed by atoms with E-state index in [2.05, 4.69) is 77.4 Å². The summed E-state index contributed by atoms with van der Waals surface area (Å²) in [6.07, 6.45) is 0.941. The number of halogens is 3. The van der Waals surface area contributed by atoms with Gasteiger partial charge in [-0.2, -0.15) is 0 Å². The van der Waals surface area contributed by atoms with Crippen molar-refractivity contribution in [2.75, 3.05) is 6.61 Å². The first-order chi connectivity index (χ1) is 8.70. The Hall–Kier alpha value is 0.160.